The zero-order valence-corrected chi connectivity index (χ0v) is 20.2. The van der Waals surface area contributed by atoms with E-state index in [-0.39, 0.29) is 25.1 Å². The Bertz CT molecular complexity index is 1030. The standard InChI is InChI=1S/C26H29ClN2O3S/c1-33-13-12-22(17-30)28-16-26(31)29-25-15-21(27)10-11-24(25)20-8-5-9-23(14-20)32-18-19-6-3-2-4-7-19/h2-11,14-15,22,28,30H,12-13,16-18H2,1H3,(H,29,31). The van der Waals surface area contributed by atoms with Crippen LogP contribution in [-0.2, 0) is 11.4 Å². The van der Waals surface area contributed by atoms with E-state index in [4.69, 9.17) is 16.3 Å². The molecule has 3 aromatic carbocycles. The van der Waals surface area contributed by atoms with Crippen LogP contribution in [0, 0.1) is 0 Å². The SMILES string of the molecule is CSCCC(CO)NCC(=O)Nc1cc(Cl)ccc1-c1cccc(OCc2ccccc2)c1. The lowest BCUT2D eigenvalue weighted by atomic mass is 10.0. The fraction of sp³-hybridized carbons (Fsp3) is 0.269. The highest BCUT2D eigenvalue weighted by molar-refractivity contribution is 7.98. The van der Waals surface area contributed by atoms with Crippen molar-refractivity contribution in [1.29, 1.82) is 0 Å². The predicted octanol–water partition coefficient (Wildman–Crippen LogP) is 5.23. The van der Waals surface area contributed by atoms with Gasteiger partial charge in [0.25, 0.3) is 0 Å². The average Bonchev–Trinajstić information content (AvgIpc) is 2.84. The summed E-state index contributed by atoms with van der Waals surface area (Å²) in [6.45, 7) is 0.570. The number of aliphatic hydroxyl groups excluding tert-OH is 1. The van der Waals surface area contributed by atoms with Crippen LogP contribution in [-0.4, -0.2) is 42.2 Å². The molecule has 0 aliphatic heterocycles. The van der Waals surface area contributed by atoms with Crippen molar-refractivity contribution in [1.82, 2.24) is 5.32 Å². The Kier molecular flexibility index (Phi) is 10.1. The van der Waals surface area contributed by atoms with Crippen molar-refractivity contribution in [3.63, 3.8) is 0 Å². The van der Waals surface area contributed by atoms with Crippen LogP contribution in [0.25, 0.3) is 11.1 Å². The van der Waals surface area contributed by atoms with E-state index in [0.29, 0.717) is 17.3 Å². The molecule has 0 saturated carbocycles. The van der Waals surface area contributed by atoms with Crippen LogP contribution in [0.3, 0.4) is 0 Å². The van der Waals surface area contributed by atoms with Crippen LogP contribution in [0.4, 0.5) is 5.69 Å². The summed E-state index contributed by atoms with van der Waals surface area (Å²) in [5.41, 5.74) is 3.47. The quantitative estimate of drug-likeness (QED) is 0.328. The number of thioether (sulfide) groups is 1. The molecule has 3 rings (SSSR count). The Balaban J connectivity index is 1.69. The van der Waals surface area contributed by atoms with Gasteiger partial charge in [0.05, 0.1) is 18.8 Å². The van der Waals surface area contributed by atoms with Gasteiger partial charge in [-0.3, -0.25) is 4.79 Å². The molecule has 0 aliphatic carbocycles. The zero-order valence-electron chi connectivity index (χ0n) is 18.6. The highest BCUT2D eigenvalue weighted by Crippen LogP contribution is 2.32. The number of hydrogen-bond donors (Lipinski definition) is 3. The lowest BCUT2D eigenvalue weighted by Gasteiger charge is -2.17. The van der Waals surface area contributed by atoms with Gasteiger partial charge >= 0.3 is 0 Å². The van der Waals surface area contributed by atoms with Gasteiger partial charge in [0.15, 0.2) is 0 Å². The summed E-state index contributed by atoms with van der Waals surface area (Å²) in [5, 5.41) is 16.1. The molecule has 3 aromatic rings. The third-order valence-electron chi connectivity index (χ3n) is 5.09. The second-order valence-electron chi connectivity index (χ2n) is 7.58. The number of carbonyl (C=O) groups is 1. The number of aliphatic hydroxyl groups is 1. The lowest BCUT2D eigenvalue weighted by Crippen LogP contribution is -2.38. The second-order valence-corrected chi connectivity index (χ2v) is 9.00. The van der Waals surface area contributed by atoms with Gasteiger partial charge in [0, 0.05) is 16.6 Å². The number of benzene rings is 3. The summed E-state index contributed by atoms with van der Waals surface area (Å²) in [6, 6.07) is 23.1. The van der Waals surface area contributed by atoms with Crippen molar-refractivity contribution in [2.24, 2.45) is 0 Å². The van der Waals surface area contributed by atoms with E-state index < -0.39 is 0 Å². The molecule has 174 valence electrons. The van der Waals surface area contributed by atoms with Gasteiger partial charge in [0.1, 0.15) is 12.4 Å². The summed E-state index contributed by atoms with van der Waals surface area (Å²) in [5.74, 6) is 1.46. The van der Waals surface area contributed by atoms with Crippen molar-refractivity contribution >= 4 is 35.0 Å². The van der Waals surface area contributed by atoms with Gasteiger partial charge in [-0.2, -0.15) is 11.8 Å². The van der Waals surface area contributed by atoms with Crippen molar-refractivity contribution < 1.29 is 14.6 Å². The Hall–Kier alpha value is -2.51. The molecule has 0 aromatic heterocycles. The molecule has 0 spiro atoms. The van der Waals surface area contributed by atoms with Gasteiger partial charge in [-0.25, -0.2) is 0 Å². The molecule has 0 saturated heterocycles. The predicted molar refractivity (Wildman–Crippen MR) is 138 cm³/mol. The number of amides is 1. The zero-order chi connectivity index (χ0) is 23.5. The molecule has 0 heterocycles. The van der Waals surface area contributed by atoms with E-state index in [1.54, 1.807) is 23.9 Å². The second kappa shape index (κ2) is 13.3. The number of halogens is 1. The average molecular weight is 485 g/mol. The topological polar surface area (TPSA) is 70.6 Å². The van der Waals surface area contributed by atoms with Crippen LogP contribution < -0.4 is 15.4 Å². The number of ether oxygens (including phenoxy) is 1. The third-order valence-corrected chi connectivity index (χ3v) is 5.97. The van der Waals surface area contributed by atoms with Crippen molar-refractivity contribution in [3.05, 3.63) is 83.4 Å². The first kappa shape index (κ1) is 25.1. The molecule has 5 nitrogen and oxygen atoms in total. The number of rotatable bonds is 12. The molecule has 0 aliphatic rings. The lowest BCUT2D eigenvalue weighted by molar-refractivity contribution is -0.115. The van der Waals surface area contributed by atoms with E-state index >= 15 is 0 Å². The Morgan fingerprint density at radius 3 is 2.67 bits per heavy atom. The van der Waals surface area contributed by atoms with E-state index in [1.165, 1.54) is 0 Å². The molecule has 3 N–H and O–H groups in total. The first-order valence-corrected chi connectivity index (χ1v) is 12.6. The molecular weight excluding hydrogens is 456 g/mol. The van der Waals surface area contributed by atoms with Crippen molar-refractivity contribution in [2.75, 3.05) is 30.5 Å². The smallest absolute Gasteiger partial charge is 0.238 e. The molecule has 33 heavy (non-hydrogen) atoms. The van der Waals surface area contributed by atoms with Gasteiger partial charge in [-0.15, -0.1) is 0 Å². The minimum absolute atomic E-state index is 0.00791. The van der Waals surface area contributed by atoms with Gasteiger partial charge in [0.2, 0.25) is 5.91 Å². The summed E-state index contributed by atoms with van der Waals surface area (Å²) in [6.07, 6.45) is 2.81. The van der Waals surface area contributed by atoms with Gasteiger partial charge < -0.3 is 20.5 Å². The number of nitrogens with one attached hydrogen (secondary N) is 2. The normalized spacial score (nSPS) is 11.7. The van der Waals surface area contributed by atoms with Crippen LogP contribution in [0.15, 0.2) is 72.8 Å². The number of anilines is 1. The maximum atomic E-state index is 12.6. The third kappa shape index (κ3) is 8.09. The Morgan fingerprint density at radius 1 is 1.09 bits per heavy atom. The fourth-order valence-electron chi connectivity index (χ4n) is 3.32. The molecule has 7 heteroatoms. The molecule has 0 bridgehead atoms. The maximum Gasteiger partial charge on any atom is 0.238 e. The Labute approximate surface area is 204 Å². The monoisotopic (exact) mass is 484 g/mol. The number of hydrogen-bond acceptors (Lipinski definition) is 5. The summed E-state index contributed by atoms with van der Waals surface area (Å²) in [7, 11) is 0. The first-order valence-electron chi connectivity index (χ1n) is 10.8. The fourth-order valence-corrected chi connectivity index (χ4v) is 4.01. The first-order chi connectivity index (χ1) is 16.1. The van der Waals surface area contributed by atoms with Crippen LogP contribution in [0.5, 0.6) is 5.75 Å². The van der Waals surface area contributed by atoms with Crippen molar-refractivity contribution in [3.8, 4) is 16.9 Å². The molecule has 0 fully saturated rings. The highest BCUT2D eigenvalue weighted by Gasteiger charge is 2.13. The Morgan fingerprint density at radius 2 is 1.91 bits per heavy atom. The van der Waals surface area contributed by atoms with E-state index in [1.807, 2.05) is 66.9 Å². The number of carbonyl (C=O) groups excluding carboxylic acids is 1. The minimum atomic E-state index is -0.197. The summed E-state index contributed by atoms with van der Waals surface area (Å²) in [4.78, 5) is 12.6. The summed E-state index contributed by atoms with van der Waals surface area (Å²) >= 11 is 7.93. The largest absolute Gasteiger partial charge is 0.489 e. The van der Waals surface area contributed by atoms with Gasteiger partial charge in [-0.05, 0) is 53.8 Å². The molecule has 1 unspecified atom stereocenters. The van der Waals surface area contributed by atoms with E-state index in [0.717, 1.165) is 34.6 Å². The molecule has 1 atom stereocenters. The molecular formula is C26H29ClN2O3S. The van der Waals surface area contributed by atoms with Gasteiger partial charge in [-0.1, -0.05) is 60.1 Å². The molecule has 1 amide bonds. The van der Waals surface area contributed by atoms with E-state index in [2.05, 4.69) is 10.6 Å². The van der Waals surface area contributed by atoms with E-state index in [9.17, 15) is 9.90 Å². The summed E-state index contributed by atoms with van der Waals surface area (Å²) < 4.78 is 5.96. The van der Waals surface area contributed by atoms with Crippen LogP contribution >= 0.6 is 23.4 Å². The van der Waals surface area contributed by atoms with Crippen LogP contribution in [0.2, 0.25) is 5.02 Å². The molecule has 0 radical (unpaired) electrons. The van der Waals surface area contributed by atoms with Crippen LogP contribution in [0.1, 0.15) is 12.0 Å². The highest BCUT2D eigenvalue weighted by atomic mass is 35.5. The maximum absolute atomic E-state index is 12.6. The minimum Gasteiger partial charge on any atom is -0.489 e. The van der Waals surface area contributed by atoms with Crippen molar-refractivity contribution in [2.45, 2.75) is 19.1 Å².